The van der Waals surface area contributed by atoms with Gasteiger partial charge in [-0.05, 0) is 35.2 Å². The van der Waals surface area contributed by atoms with E-state index in [0.29, 0.717) is 5.15 Å². The molecule has 0 aliphatic carbocycles. The molecule has 1 aromatic heterocycles. The molecule has 0 N–H and O–H groups in total. The van der Waals surface area contributed by atoms with Crippen molar-refractivity contribution in [2.75, 3.05) is 18.0 Å². The molecule has 88 valence electrons. The molecule has 0 saturated carbocycles. The molecule has 2 heterocycles. The van der Waals surface area contributed by atoms with Crippen molar-refractivity contribution in [2.45, 2.75) is 32.6 Å². The molecule has 0 radical (unpaired) electrons. The van der Waals surface area contributed by atoms with Crippen LogP contribution in [-0.2, 0) is 6.42 Å². The van der Waals surface area contributed by atoms with Crippen LogP contribution in [0.4, 0.5) is 5.95 Å². The molecular weight excluding hydrogens is 289 g/mol. The highest BCUT2D eigenvalue weighted by Gasteiger charge is 2.18. The quantitative estimate of drug-likeness (QED) is 0.801. The van der Waals surface area contributed by atoms with Crippen molar-refractivity contribution in [3.05, 3.63) is 15.3 Å². The molecule has 1 fully saturated rings. The zero-order chi connectivity index (χ0) is 11.5. The fourth-order valence-electron chi connectivity index (χ4n) is 1.91. The zero-order valence-electron chi connectivity index (χ0n) is 9.34. The highest BCUT2D eigenvalue weighted by atomic mass is 79.9. The minimum atomic E-state index is 0.528. The third kappa shape index (κ3) is 2.48. The van der Waals surface area contributed by atoms with Crippen molar-refractivity contribution >= 4 is 33.5 Å². The smallest absolute Gasteiger partial charge is 0.227 e. The van der Waals surface area contributed by atoms with Crippen LogP contribution in [0.5, 0.6) is 0 Å². The van der Waals surface area contributed by atoms with Crippen LogP contribution in [0.1, 0.15) is 31.9 Å². The number of anilines is 1. The summed E-state index contributed by atoms with van der Waals surface area (Å²) in [7, 11) is 0. The average Bonchev–Trinajstić information content (AvgIpc) is 2.78. The molecule has 1 saturated heterocycles. The normalized spacial score (nSPS) is 15.8. The fourth-order valence-corrected chi connectivity index (χ4v) is 2.47. The van der Waals surface area contributed by atoms with Crippen LogP contribution in [-0.4, -0.2) is 23.1 Å². The molecule has 0 bridgehead atoms. The Morgan fingerprint density at radius 1 is 1.31 bits per heavy atom. The summed E-state index contributed by atoms with van der Waals surface area (Å²) >= 11 is 9.56. The average molecular weight is 305 g/mol. The minimum Gasteiger partial charge on any atom is -0.341 e. The van der Waals surface area contributed by atoms with Crippen molar-refractivity contribution in [3.8, 4) is 0 Å². The van der Waals surface area contributed by atoms with Crippen LogP contribution >= 0.6 is 27.5 Å². The predicted octanol–water partition coefficient (Wildman–Crippen LogP) is 3.45. The van der Waals surface area contributed by atoms with Crippen LogP contribution in [0.15, 0.2) is 4.47 Å². The molecule has 3 nitrogen and oxygen atoms in total. The van der Waals surface area contributed by atoms with Gasteiger partial charge < -0.3 is 4.90 Å². The third-order valence-electron chi connectivity index (χ3n) is 2.74. The van der Waals surface area contributed by atoms with Gasteiger partial charge in [0, 0.05) is 13.1 Å². The van der Waals surface area contributed by atoms with Crippen LogP contribution in [0.25, 0.3) is 0 Å². The van der Waals surface area contributed by atoms with E-state index in [0.717, 1.165) is 42.0 Å². The van der Waals surface area contributed by atoms with Gasteiger partial charge in [0.2, 0.25) is 5.95 Å². The summed E-state index contributed by atoms with van der Waals surface area (Å²) in [5, 5.41) is 0.528. The zero-order valence-corrected chi connectivity index (χ0v) is 11.7. The second-order valence-corrected chi connectivity index (χ2v) is 5.17. The summed E-state index contributed by atoms with van der Waals surface area (Å²) in [4.78, 5) is 11.1. The van der Waals surface area contributed by atoms with Gasteiger partial charge in [0.05, 0.1) is 10.2 Å². The lowest BCUT2D eigenvalue weighted by molar-refractivity contribution is 0.832. The van der Waals surface area contributed by atoms with Gasteiger partial charge in [-0.25, -0.2) is 4.98 Å². The Bertz CT molecular complexity index is 378. The maximum atomic E-state index is 6.11. The molecule has 2 rings (SSSR count). The lowest BCUT2D eigenvalue weighted by Crippen LogP contribution is -2.21. The summed E-state index contributed by atoms with van der Waals surface area (Å²) in [5.41, 5.74) is 1.02. The largest absolute Gasteiger partial charge is 0.341 e. The van der Waals surface area contributed by atoms with E-state index in [1.54, 1.807) is 0 Å². The van der Waals surface area contributed by atoms with Crippen LogP contribution in [0, 0.1) is 0 Å². The van der Waals surface area contributed by atoms with E-state index in [9.17, 15) is 0 Å². The Balaban J connectivity index is 2.31. The van der Waals surface area contributed by atoms with E-state index in [1.165, 1.54) is 12.8 Å². The maximum absolute atomic E-state index is 6.11. The van der Waals surface area contributed by atoms with E-state index in [4.69, 9.17) is 11.6 Å². The van der Waals surface area contributed by atoms with Gasteiger partial charge in [0.25, 0.3) is 0 Å². The third-order valence-corrected chi connectivity index (χ3v) is 4.08. The first-order valence-electron chi connectivity index (χ1n) is 5.69. The lowest BCUT2D eigenvalue weighted by atomic mass is 10.2. The van der Waals surface area contributed by atoms with Crippen LogP contribution in [0.2, 0.25) is 5.15 Å². The summed E-state index contributed by atoms with van der Waals surface area (Å²) in [6, 6.07) is 0. The monoisotopic (exact) mass is 303 g/mol. The van der Waals surface area contributed by atoms with Crippen molar-refractivity contribution in [3.63, 3.8) is 0 Å². The van der Waals surface area contributed by atoms with Gasteiger partial charge in [-0.1, -0.05) is 24.9 Å². The number of halogens is 2. The first-order valence-corrected chi connectivity index (χ1v) is 6.86. The summed E-state index contributed by atoms with van der Waals surface area (Å²) in [6.45, 7) is 4.23. The van der Waals surface area contributed by atoms with E-state index >= 15 is 0 Å². The second kappa shape index (κ2) is 5.32. The number of hydrogen-bond acceptors (Lipinski definition) is 3. The Morgan fingerprint density at radius 2 is 2.00 bits per heavy atom. The van der Waals surface area contributed by atoms with Crippen molar-refractivity contribution in [1.29, 1.82) is 0 Å². The number of aromatic nitrogens is 2. The molecule has 5 heteroatoms. The first-order chi connectivity index (χ1) is 7.72. The van der Waals surface area contributed by atoms with E-state index in [-0.39, 0.29) is 0 Å². The van der Waals surface area contributed by atoms with Crippen molar-refractivity contribution in [1.82, 2.24) is 9.97 Å². The summed E-state index contributed by atoms with van der Waals surface area (Å²) in [6.07, 6.45) is 4.44. The van der Waals surface area contributed by atoms with E-state index < -0.39 is 0 Å². The standard InChI is InChI=1S/C11H15BrClN3/c1-2-5-8-9(12)10(13)15-11(14-8)16-6-3-4-7-16/h2-7H2,1H3. The van der Waals surface area contributed by atoms with Crippen molar-refractivity contribution < 1.29 is 0 Å². The lowest BCUT2D eigenvalue weighted by Gasteiger charge is -2.16. The first kappa shape index (κ1) is 12.1. The minimum absolute atomic E-state index is 0.528. The Hall–Kier alpha value is -0.350. The predicted molar refractivity (Wildman–Crippen MR) is 70.2 cm³/mol. The number of rotatable bonds is 3. The van der Waals surface area contributed by atoms with E-state index in [2.05, 4.69) is 37.7 Å². The van der Waals surface area contributed by atoms with E-state index in [1.807, 2.05) is 0 Å². The van der Waals surface area contributed by atoms with Gasteiger partial charge in [-0.15, -0.1) is 0 Å². The molecule has 1 aromatic rings. The number of aryl methyl sites for hydroxylation is 1. The number of nitrogens with zero attached hydrogens (tertiary/aromatic N) is 3. The highest BCUT2D eigenvalue weighted by molar-refractivity contribution is 9.10. The molecular formula is C11H15BrClN3. The van der Waals surface area contributed by atoms with Gasteiger partial charge in [-0.3, -0.25) is 0 Å². The molecule has 0 atom stereocenters. The SMILES string of the molecule is CCCc1nc(N2CCCC2)nc(Cl)c1Br. The van der Waals surface area contributed by atoms with Crippen LogP contribution < -0.4 is 4.90 Å². The molecule has 1 aliphatic heterocycles. The fraction of sp³-hybridized carbons (Fsp3) is 0.636. The Kier molecular flexibility index (Phi) is 4.03. The molecule has 0 spiro atoms. The molecule has 0 unspecified atom stereocenters. The number of hydrogen-bond donors (Lipinski definition) is 0. The summed E-state index contributed by atoms with van der Waals surface area (Å²) in [5.74, 6) is 0.786. The molecule has 0 amide bonds. The van der Waals surface area contributed by atoms with Gasteiger partial charge in [0.1, 0.15) is 5.15 Å². The van der Waals surface area contributed by atoms with Gasteiger partial charge >= 0.3 is 0 Å². The maximum Gasteiger partial charge on any atom is 0.227 e. The Labute approximate surface area is 109 Å². The van der Waals surface area contributed by atoms with Gasteiger partial charge in [0.15, 0.2) is 0 Å². The Morgan fingerprint density at radius 3 is 2.62 bits per heavy atom. The topological polar surface area (TPSA) is 29.0 Å². The molecule has 1 aliphatic rings. The molecule has 0 aromatic carbocycles. The van der Waals surface area contributed by atoms with Crippen molar-refractivity contribution in [2.24, 2.45) is 0 Å². The van der Waals surface area contributed by atoms with Crippen LogP contribution in [0.3, 0.4) is 0 Å². The highest BCUT2D eigenvalue weighted by Crippen LogP contribution is 2.27. The summed E-state index contributed by atoms with van der Waals surface area (Å²) < 4.78 is 0.846. The second-order valence-electron chi connectivity index (χ2n) is 4.02. The molecule has 16 heavy (non-hydrogen) atoms. The van der Waals surface area contributed by atoms with Gasteiger partial charge in [-0.2, -0.15) is 4.98 Å².